The molecule has 0 aliphatic heterocycles. The van der Waals surface area contributed by atoms with Crippen LogP contribution >= 0.6 is 0 Å². The summed E-state index contributed by atoms with van der Waals surface area (Å²) in [5, 5.41) is 3.31. The summed E-state index contributed by atoms with van der Waals surface area (Å²) >= 11 is 0. The maximum absolute atomic E-state index is 12.0. The second-order valence-electron chi connectivity index (χ2n) is 4.89. The molecular formula is C14H16F3NO2. The summed E-state index contributed by atoms with van der Waals surface area (Å²) in [5.41, 5.74) is 0.886. The van der Waals surface area contributed by atoms with Crippen LogP contribution in [0.25, 0.3) is 0 Å². The molecule has 2 rings (SSSR count). The quantitative estimate of drug-likeness (QED) is 0.924. The molecule has 0 spiro atoms. The smallest absolute Gasteiger partial charge is 0.406 e. The van der Waals surface area contributed by atoms with Crippen LogP contribution in [-0.2, 0) is 11.3 Å². The molecule has 1 aliphatic carbocycles. The Hall–Kier alpha value is -1.56. The lowest BCUT2D eigenvalue weighted by atomic mass is 9.94. The fourth-order valence-corrected chi connectivity index (χ4v) is 2.22. The van der Waals surface area contributed by atoms with Gasteiger partial charge in [0.25, 0.3) is 0 Å². The van der Waals surface area contributed by atoms with Gasteiger partial charge in [-0.3, -0.25) is 4.79 Å². The van der Waals surface area contributed by atoms with Crippen molar-refractivity contribution >= 4 is 5.78 Å². The molecule has 1 aliphatic rings. The van der Waals surface area contributed by atoms with Gasteiger partial charge in [-0.25, -0.2) is 0 Å². The van der Waals surface area contributed by atoms with Gasteiger partial charge in [0.05, 0.1) is 0 Å². The molecule has 1 fully saturated rings. The number of Topliss-reactive ketones (excluding diaryl/α,β-unsaturated/α-hetero) is 1. The minimum atomic E-state index is -4.66. The lowest BCUT2D eigenvalue weighted by Crippen LogP contribution is -2.32. The third kappa shape index (κ3) is 4.85. The van der Waals surface area contributed by atoms with Gasteiger partial charge in [0.15, 0.2) is 0 Å². The maximum Gasteiger partial charge on any atom is 0.573 e. The summed E-state index contributed by atoms with van der Waals surface area (Å²) in [6.45, 7) is 0.575. The lowest BCUT2D eigenvalue weighted by Gasteiger charge is -2.22. The number of carbonyl (C=O) groups is 1. The minimum Gasteiger partial charge on any atom is -0.406 e. The Labute approximate surface area is 115 Å². The van der Waals surface area contributed by atoms with Crippen LogP contribution in [0.1, 0.15) is 31.2 Å². The molecule has 0 saturated heterocycles. The molecule has 3 nitrogen and oxygen atoms in total. The number of rotatable bonds is 4. The Balaban J connectivity index is 1.80. The normalized spacial score (nSPS) is 17.2. The highest BCUT2D eigenvalue weighted by atomic mass is 19.4. The van der Waals surface area contributed by atoms with Crippen molar-refractivity contribution in [1.82, 2.24) is 5.32 Å². The zero-order chi connectivity index (χ0) is 14.6. The predicted molar refractivity (Wildman–Crippen MR) is 67.2 cm³/mol. The van der Waals surface area contributed by atoms with Crippen LogP contribution in [0.15, 0.2) is 24.3 Å². The molecular weight excluding hydrogens is 271 g/mol. The van der Waals surface area contributed by atoms with Crippen LogP contribution in [-0.4, -0.2) is 18.2 Å². The summed E-state index contributed by atoms with van der Waals surface area (Å²) in [4.78, 5) is 11.1. The number of halogens is 3. The molecule has 0 heterocycles. The zero-order valence-corrected chi connectivity index (χ0v) is 10.9. The van der Waals surface area contributed by atoms with Gasteiger partial charge in [0, 0.05) is 25.4 Å². The SMILES string of the molecule is O=C1CCC(NCc2ccc(OC(F)(F)F)cc2)CC1. The van der Waals surface area contributed by atoms with E-state index in [2.05, 4.69) is 10.1 Å². The molecule has 0 bridgehead atoms. The first-order valence-electron chi connectivity index (χ1n) is 6.52. The second-order valence-corrected chi connectivity index (χ2v) is 4.89. The number of hydrogen-bond donors (Lipinski definition) is 1. The molecule has 1 N–H and O–H groups in total. The number of hydrogen-bond acceptors (Lipinski definition) is 3. The van der Waals surface area contributed by atoms with E-state index in [4.69, 9.17) is 0 Å². The first-order valence-corrected chi connectivity index (χ1v) is 6.52. The Morgan fingerprint density at radius 3 is 2.30 bits per heavy atom. The Morgan fingerprint density at radius 2 is 1.75 bits per heavy atom. The number of alkyl halides is 3. The van der Waals surface area contributed by atoms with Crippen molar-refractivity contribution in [2.24, 2.45) is 0 Å². The summed E-state index contributed by atoms with van der Waals surface area (Å²) < 4.78 is 39.8. The van der Waals surface area contributed by atoms with Gasteiger partial charge in [0.1, 0.15) is 11.5 Å². The van der Waals surface area contributed by atoms with Crippen molar-refractivity contribution in [1.29, 1.82) is 0 Å². The van der Waals surface area contributed by atoms with E-state index in [1.165, 1.54) is 12.1 Å². The Bertz CT molecular complexity index is 446. The molecule has 0 radical (unpaired) electrons. The summed E-state index contributed by atoms with van der Waals surface area (Å²) in [7, 11) is 0. The van der Waals surface area contributed by atoms with Gasteiger partial charge in [0.2, 0.25) is 0 Å². The Morgan fingerprint density at radius 1 is 1.15 bits per heavy atom. The van der Waals surface area contributed by atoms with Crippen molar-refractivity contribution in [2.45, 2.75) is 44.6 Å². The molecule has 6 heteroatoms. The van der Waals surface area contributed by atoms with E-state index in [9.17, 15) is 18.0 Å². The fraction of sp³-hybridized carbons (Fsp3) is 0.500. The third-order valence-corrected chi connectivity index (χ3v) is 3.30. The number of ketones is 1. The Kier molecular flexibility index (Phi) is 4.65. The standard InChI is InChI=1S/C14H16F3NO2/c15-14(16,17)20-13-7-1-10(2-8-13)9-18-11-3-5-12(19)6-4-11/h1-2,7-8,11,18H,3-6,9H2. The first-order chi connectivity index (χ1) is 9.42. The summed E-state index contributed by atoms with van der Waals surface area (Å²) in [6, 6.07) is 6.10. The lowest BCUT2D eigenvalue weighted by molar-refractivity contribution is -0.274. The highest BCUT2D eigenvalue weighted by Gasteiger charge is 2.30. The fourth-order valence-electron chi connectivity index (χ4n) is 2.22. The van der Waals surface area contributed by atoms with E-state index in [-0.39, 0.29) is 5.75 Å². The highest BCUT2D eigenvalue weighted by Crippen LogP contribution is 2.23. The molecule has 1 aromatic carbocycles. The van der Waals surface area contributed by atoms with E-state index >= 15 is 0 Å². The number of benzene rings is 1. The monoisotopic (exact) mass is 287 g/mol. The van der Waals surface area contributed by atoms with E-state index in [1.807, 2.05) is 0 Å². The van der Waals surface area contributed by atoms with Crippen LogP contribution in [0.4, 0.5) is 13.2 Å². The summed E-state index contributed by atoms with van der Waals surface area (Å²) in [6.07, 6.45) is -1.79. The average molecular weight is 287 g/mol. The highest BCUT2D eigenvalue weighted by molar-refractivity contribution is 5.79. The minimum absolute atomic E-state index is 0.218. The molecule has 0 aromatic heterocycles. The third-order valence-electron chi connectivity index (χ3n) is 3.30. The van der Waals surface area contributed by atoms with Crippen molar-refractivity contribution in [3.63, 3.8) is 0 Å². The van der Waals surface area contributed by atoms with Gasteiger partial charge >= 0.3 is 6.36 Å². The molecule has 0 atom stereocenters. The number of carbonyl (C=O) groups excluding carboxylic acids is 1. The van der Waals surface area contributed by atoms with E-state index in [1.54, 1.807) is 12.1 Å². The van der Waals surface area contributed by atoms with Crippen LogP contribution < -0.4 is 10.1 Å². The van der Waals surface area contributed by atoms with Gasteiger partial charge in [-0.15, -0.1) is 13.2 Å². The number of ether oxygens (including phenoxy) is 1. The van der Waals surface area contributed by atoms with Crippen molar-refractivity contribution in [2.75, 3.05) is 0 Å². The molecule has 110 valence electrons. The molecule has 1 aromatic rings. The van der Waals surface area contributed by atoms with Gasteiger partial charge in [-0.2, -0.15) is 0 Å². The summed E-state index contributed by atoms with van der Waals surface area (Å²) in [5.74, 6) is 0.0845. The second kappa shape index (κ2) is 6.26. The average Bonchev–Trinajstić information content (AvgIpc) is 2.38. The largest absolute Gasteiger partial charge is 0.573 e. The molecule has 0 unspecified atom stereocenters. The van der Waals surface area contributed by atoms with Gasteiger partial charge in [-0.05, 0) is 30.5 Å². The van der Waals surface area contributed by atoms with E-state index in [0.29, 0.717) is 31.2 Å². The van der Waals surface area contributed by atoms with Crippen LogP contribution in [0, 0.1) is 0 Å². The van der Waals surface area contributed by atoms with Crippen molar-refractivity contribution < 1.29 is 22.7 Å². The topological polar surface area (TPSA) is 38.3 Å². The maximum atomic E-state index is 12.0. The van der Waals surface area contributed by atoms with Crippen LogP contribution in [0.3, 0.4) is 0 Å². The van der Waals surface area contributed by atoms with E-state index < -0.39 is 6.36 Å². The van der Waals surface area contributed by atoms with E-state index in [0.717, 1.165) is 18.4 Å². The molecule has 1 saturated carbocycles. The molecule has 20 heavy (non-hydrogen) atoms. The van der Waals surface area contributed by atoms with Gasteiger partial charge in [-0.1, -0.05) is 12.1 Å². The molecule has 0 amide bonds. The zero-order valence-electron chi connectivity index (χ0n) is 10.9. The van der Waals surface area contributed by atoms with Crippen molar-refractivity contribution in [3.8, 4) is 5.75 Å². The number of nitrogens with one attached hydrogen (secondary N) is 1. The predicted octanol–water partition coefficient (Wildman–Crippen LogP) is 3.19. The van der Waals surface area contributed by atoms with Crippen LogP contribution in [0.5, 0.6) is 5.75 Å². The van der Waals surface area contributed by atoms with Crippen molar-refractivity contribution in [3.05, 3.63) is 29.8 Å². The van der Waals surface area contributed by atoms with Gasteiger partial charge < -0.3 is 10.1 Å². The van der Waals surface area contributed by atoms with Crippen LogP contribution in [0.2, 0.25) is 0 Å². The first kappa shape index (κ1) is 14.8.